The lowest BCUT2D eigenvalue weighted by Crippen LogP contribution is -2.29. The monoisotopic (exact) mass is 349 g/mol. The summed E-state index contributed by atoms with van der Waals surface area (Å²) < 4.78 is 26.2. The minimum Gasteiger partial charge on any atom is -0.478 e. The van der Waals surface area contributed by atoms with Gasteiger partial charge >= 0.3 is 5.97 Å². The second kappa shape index (κ2) is 5.96. The number of benzene rings is 1. The first-order valence-corrected chi connectivity index (χ1v) is 8.31. The van der Waals surface area contributed by atoms with Crippen molar-refractivity contribution in [3.05, 3.63) is 33.8 Å². The third-order valence-electron chi connectivity index (χ3n) is 3.14. The van der Waals surface area contributed by atoms with Gasteiger partial charge < -0.3 is 5.11 Å². The van der Waals surface area contributed by atoms with Crippen LogP contribution >= 0.6 is 23.2 Å². The molecule has 21 heavy (non-hydrogen) atoms. The minimum atomic E-state index is -3.76. The number of carbonyl (C=O) groups is 1. The third kappa shape index (κ3) is 3.58. The molecule has 1 saturated carbocycles. The van der Waals surface area contributed by atoms with Gasteiger partial charge in [0.25, 0.3) is 0 Å². The molecule has 0 aromatic heterocycles. The van der Waals surface area contributed by atoms with Crippen molar-refractivity contribution >= 4 is 45.3 Å². The summed E-state index contributed by atoms with van der Waals surface area (Å²) in [7, 11) is -2.26. The summed E-state index contributed by atoms with van der Waals surface area (Å²) in [5, 5.41) is 8.53. The standard InChI is InChI=1S/C13H13Cl2NO4S/c1-16(9-3-4-9)21(19,20)13-10(14)6-8(7-11(13)15)2-5-12(17)18/h2,5-7,9H,3-4H2,1H3,(H,17,18). The highest BCUT2D eigenvalue weighted by Crippen LogP contribution is 2.37. The lowest BCUT2D eigenvalue weighted by molar-refractivity contribution is -0.131. The van der Waals surface area contributed by atoms with E-state index in [1.54, 1.807) is 0 Å². The van der Waals surface area contributed by atoms with Gasteiger partial charge in [-0.25, -0.2) is 13.2 Å². The van der Waals surface area contributed by atoms with E-state index in [0.29, 0.717) is 5.56 Å². The highest BCUT2D eigenvalue weighted by atomic mass is 35.5. The number of halogens is 2. The summed E-state index contributed by atoms with van der Waals surface area (Å²) >= 11 is 12.1. The van der Waals surface area contributed by atoms with Crippen molar-refractivity contribution in [3.63, 3.8) is 0 Å². The molecule has 0 atom stereocenters. The van der Waals surface area contributed by atoms with Gasteiger partial charge in [0.05, 0.1) is 10.0 Å². The van der Waals surface area contributed by atoms with E-state index >= 15 is 0 Å². The first-order chi connectivity index (χ1) is 9.73. The van der Waals surface area contributed by atoms with Gasteiger partial charge in [-0.1, -0.05) is 23.2 Å². The number of carboxylic acid groups (broad SMARTS) is 1. The predicted molar refractivity (Wildman–Crippen MR) is 81.1 cm³/mol. The van der Waals surface area contributed by atoms with Gasteiger partial charge in [-0.05, 0) is 36.6 Å². The zero-order chi connectivity index (χ0) is 15.8. The van der Waals surface area contributed by atoms with Crippen molar-refractivity contribution in [1.29, 1.82) is 0 Å². The van der Waals surface area contributed by atoms with Crippen LogP contribution in [-0.2, 0) is 14.8 Å². The van der Waals surface area contributed by atoms with Crippen LogP contribution in [0.5, 0.6) is 0 Å². The third-order valence-corrected chi connectivity index (χ3v) is 5.97. The van der Waals surface area contributed by atoms with E-state index in [9.17, 15) is 13.2 Å². The first-order valence-electron chi connectivity index (χ1n) is 6.11. The Hall–Kier alpha value is -1.08. The fourth-order valence-electron chi connectivity index (χ4n) is 1.87. The van der Waals surface area contributed by atoms with Gasteiger partial charge in [-0.3, -0.25) is 0 Å². The molecule has 0 amide bonds. The van der Waals surface area contributed by atoms with Crippen LogP contribution in [0, 0.1) is 0 Å². The molecule has 8 heteroatoms. The fourth-order valence-corrected chi connectivity index (χ4v) is 4.46. The molecule has 0 unspecified atom stereocenters. The molecule has 1 aliphatic carbocycles. The van der Waals surface area contributed by atoms with Gasteiger partial charge in [0.2, 0.25) is 10.0 Å². The predicted octanol–water partition coefficient (Wildman–Crippen LogP) is 2.87. The summed E-state index contributed by atoms with van der Waals surface area (Å²) in [6.45, 7) is 0. The SMILES string of the molecule is CN(C1CC1)S(=O)(=O)c1c(Cl)cc(C=CC(=O)O)cc1Cl. The van der Waals surface area contributed by atoms with Gasteiger partial charge in [0.1, 0.15) is 4.90 Å². The molecular formula is C13H13Cl2NO4S. The smallest absolute Gasteiger partial charge is 0.328 e. The van der Waals surface area contributed by atoms with Crippen LogP contribution in [0.3, 0.4) is 0 Å². The Bertz CT molecular complexity index is 688. The Labute approximate surface area is 132 Å². The first kappa shape index (κ1) is 16.3. The molecule has 0 spiro atoms. The molecule has 1 aromatic rings. The number of sulfonamides is 1. The second-order valence-electron chi connectivity index (χ2n) is 4.74. The molecule has 2 rings (SSSR count). The number of nitrogens with zero attached hydrogens (tertiary/aromatic N) is 1. The zero-order valence-corrected chi connectivity index (χ0v) is 13.4. The Morgan fingerprint density at radius 3 is 2.29 bits per heavy atom. The topological polar surface area (TPSA) is 74.7 Å². The summed E-state index contributed by atoms with van der Waals surface area (Å²) in [5.74, 6) is -1.12. The van der Waals surface area contributed by atoms with Crippen LogP contribution in [0.15, 0.2) is 23.1 Å². The van der Waals surface area contributed by atoms with Gasteiger partial charge in [0.15, 0.2) is 0 Å². The van der Waals surface area contributed by atoms with Crippen LogP contribution in [0.1, 0.15) is 18.4 Å². The van der Waals surface area contributed by atoms with E-state index < -0.39 is 16.0 Å². The molecule has 0 bridgehead atoms. The van der Waals surface area contributed by atoms with Crippen molar-refractivity contribution < 1.29 is 18.3 Å². The van der Waals surface area contributed by atoms with Crippen LogP contribution < -0.4 is 0 Å². The highest BCUT2D eigenvalue weighted by molar-refractivity contribution is 7.89. The normalized spacial score (nSPS) is 15.8. The summed E-state index contributed by atoms with van der Waals surface area (Å²) in [5.41, 5.74) is 0.417. The van der Waals surface area contributed by atoms with E-state index in [0.717, 1.165) is 18.9 Å². The maximum atomic E-state index is 12.5. The van der Waals surface area contributed by atoms with Crippen molar-refractivity contribution in [3.8, 4) is 0 Å². The Morgan fingerprint density at radius 1 is 1.33 bits per heavy atom. The lowest BCUT2D eigenvalue weighted by Gasteiger charge is -2.18. The van der Waals surface area contributed by atoms with Gasteiger partial charge in [-0.2, -0.15) is 4.31 Å². The van der Waals surface area contributed by atoms with Crippen LogP contribution in [-0.4, -0.2) is 36.9 Å². The fraction of sp³-hybridized carbons (Fsp3) is 0.308. The Kier molecular flexibility index (Phi) is 4.63. The molecule has 1 fully saturated rings. The molecule has 0 radical (unpaired) electrons. The molecular weight excluding hydrogens is 337 g/mol. The van der Waals surface area contributed by atoms with Gasteiger partial charge in [0, 0.05) is 19.2 Å². The van der Waals surface area contributed by atoms with E-state index in [4.69, 9.17) is 28.3 Å². The quantitative estimate of drug-likeness (QED) is 0.829. The molecule has 1 aliphatic rings. The minimum absolute atomic E-state index is 0.00582. The number of hydrogen-bond acceptors (Lipinski definition) is 3. The van der Waals surface area contributed by atoms with Crippen molar-refractivity contribution in [2.45, 2.75) is 23.8 Å². The number of rotatable bonds is 5. The van der Waals surface area contributed by atoms with Crippen molar-refractivity contribution in [1.82, 2.24) is 4.31 Å². The Morgan fingerprint density at radius 2 is 1.86 bits per heavy atom. The average molecular weight is 350 g/mol. The lowest BCUT2D eigenvalue weighted by atomic mass is 10.2. The van der Waals surface area contributed by atoms with Crippen molar-refractivity contribution in [2.75, 3.05) is 7.05 Å². The number of aliphatic carboxylic acids is 1. The Balaban J connectivity index is 2.44. The molecule has 1 aromatic carbocycles. The molecule has 0 heterocycles. The van der Waals surface area contributed by atoms with Crippen LogP contribution in [0.2, 0.25) is 10.0 Å². The van der Waals surface area contributed by atoms with Crippen LogP contribution in [0.25, 0.3) is 6.08 Å². The number of carboxylic acids is 1. The summed E-state index contributed by atoms with van der Waals surface area (Å²) in [6.07, 6.45) is 3.86. The molecule has 5 nitrogen and oxygen atoms in total. The largest absolute Gasteiger partial charge is 0.478 e. The zero-order valence-electron chi connectivity index (χ0n) is 11.1. The number of hydrogen-bond donors (Lipinski definition) is 1. The second-order valence-corrected chi connectivity index (χ2v) is 7.49. The summed E-state index contributed by atoms with van der Waals surface area (Å²) in [6, 6.07) is 2.75. The van der Waals surface area contributed by atoms with E-state index in [1.165, 1.54) is 29.6 Å². The average Bonchev–Trinajstić information content (AvgIpc) is 3.18. The van der Waals surface area contributed by atoms with Gasteiger partial charge in [-0.15, -0.1) is 0 Å². The summed E-state index contributed by atoms with van der Waals surface area (Å²) in [4.78, 5) is 10.3. The highest BCUT2D eigenvalue weighted by Gasteiger charge is 2.37. The molecule has 114 valence electrons. The van der Waals surface area contributed by atoms with Crippen molar-refractivity contribution in [2.24, 2.45) is 0 Å². The van der Waals surface area contributed by atoms with E-state index in [-0.39, 0.29) is 21.0 Å². The molecule has 0 aliphatic heterocycles. The molecule has 0 saturated heterocycles. The molecule has 1 N–H and O–H groups in total. The van der Waals surface area contributed by atoms with E-state index in [2.05, 4.69) is 0 Å². The van der Waals surface area contributed by atoms with E-state index in [1.807, 2.05) is 0 Å². The van der Waals surface area contributed by atoms with Crippen LogP contribution in [0.4, 0.5) is 0 Å². The maximum absolute atomic E-state index is 12.5. The maximum Gasteiger partial charge on any atom is 0.328 e.